The minimum absolute atomic E-state index is 0.237. The van der Waals surface area contributed by atoms with Crippen molar-refractivity contribution in [2.45, 2.75) is 45.4 Å². The maximum Gasteiger partial charge on any atom is 0.147 e. The van der Waals surface area contributed by atoms with E-state index in [1.54, 1.807) is 0 Å². The Morgan fingerprint density at radius 1 is 1.20 bits per heavy atom. The van der Waals surface area contributed by atoms with Crippen LogP contribution in [0.15, 0.2) is 21.1 Å². The summed E-state index contributed by atoms with van der Waals surface area (Å²) in [6.45, 7) is 6.09. The van der Waals surface area contributed by atoms with Gasteiger partial charge in [0.1, 0.15) is 12.4 Å². The summed E-state index contributed by atoms with van der Waals surface area (Å²) in [6.07, 6.45) is 2.85. The fourth-order valence-corrected chi connectivity index (χ4v) is 3.34. The van der Waals surface area contributed by atoms with Crippen molar-refractivity contribution in [3.63, 3.8) is 0 Å². The summed E-state index contributed by atoms with van der Waals surface area (Å²) >= 11 is 7.16. The van der Waals surface area contributed by atoms with Gasteiger partial charge in [-0.2, -0.15) is 0 Å². The van der Waals surface area contributed by atoms with Crippen molar-refractivity contribution in [2.75, 3.05) is 13.2 Å². The Balaban J connectivity index is 1.87. The lowest BCUT2D eigenvalue weighted by molar-refractivity contribution is 0.0549. The van der Waals surface area contributed by atoms with Gasteiger partial charge >= 0.3 is 0 Å². The molecule has 0 aromatic heterocycles. The summed E-state index contributed by atoms with van der Waals surface area (Å²) in [5, 5.41) is 3.51. The van der Waals surface area contributed by atoms with Gasteiger partial charge < -0.3 is 14.8 Å². The van der Waals surface area contributed by atoms with Gasteiger partial charge in [-0.15, -0.1) is 0 Å². The third-order valence-electron chi connectivity index (χ3n) is 3.01. The zero-order chi connectivity index (χ0) is 14.5. The molecule has 1 fully saturated rings. The molecule has 1 aromatic rings. The van der Waals surface area contributed by atoms with Gasteiger partial charge in [0.05, 0.1) is 21.7 Å². The van der Waals surface area contributed by atoms with Gasteiger partial charge in [0.2, 0.25) is 0 Å². The highest BCUT2D eigenvalue weighted by molar-refractivity contribution is 9.11. The molecule has 20 heavy (non-hydrogen) atoms. The topological polar surface area (TPSA) is 30.5 Å². The first kappa shape index (κ1) is 16.3. The molecule has 0 aliphatic heterocycles. The van der Waals surface area contributed by atoms with Crippen LogP contribution in [0.25, 0.3) is 0 Å². The lowest BCUT2D eigenvalue weighted by atomic mass is 10.2. The first-order chi connectivity index (χ1) is 9.56. The summed E-state index contributed by atoms with van der Waals surface area (Å²) in [7, 11) is 0. The van der Waals surface area contributed by atoms with E-state index in [-0.39, 0.29) is 6.10 Å². The van der Waals surface area contributed by atoms with Crippen LogP contribution in [0.4, 0.5) is 0 Å². The molecule has 5 heteroatoms. The maximum atomic E-state index is 5.77. The molecule has 0 saturated heterocycles. The van der Waals surface area contributed by atoms with E-state index in [1.165, 1.54) is 18.4 Å². The molecule has 0 amide bonds. The Morgan fingerprint density at radius 2 is 1.85 bits per heavy atom. The van der Waals surface area contributed by atoms with Gasteiger partial charge in [-0.3, -0.25) is 0 Å². The Morgan fingerprint density at radius 3 is 2.40 bits per heavy atom. The van der Waals surface area contributed by atoms with Gasteiger partial charge in [0.25, 0.3) is 0 Å². The van der Waals surface area contributed by atoms with Crippen LogP contribution in [0.3, 0.4) is 0 Å². The average molecular weight is 407 g/mol. The number of rotatable bonds is 8. The molecule has 3 nitrogen and oxygen atoms in total. The van der Waals surface area contributed by atoms with E-state index in [4.69, 9.17) is 9.47 Å². The highest BCUT2D eigenvalue weighted by atomic mass is 79.9. The third-order valence-corrected chi connectivity index (χ3v) is 4.19. The lowest BCUT2D eigenvalue weighted by Gasteiger charge is -2.13. The van der Waals surface area contributed by atoms with Crippen LogP contribution in [0.5, 0.6) is 5.75 Å². The van der Waals surface area contributed by atoms with Crippen molar-refractivity contribution in [3.8, 4) is 5.75 Å². The Kier molecular flexibility index (Phi) is 6.33. The molecule has 1 saturated carbocycles. The molecule has 0 bridgehead atoms. The van der Waals surface area contributed by atoms with Crippen molar-refractivity contribution in [2.24, 2.45) is 0 Å². The second-order valence-electron chi connectivity index (χ2n) is 5.31. The highest BCUT2D eigenvalue weighted by Crippen LogP contribution is 2.35. The molecular formula is C15H21Br2NO2. The molecule has 0 radical (unpaired) electrons. The third kappa shape index (κ3) is 5.35. The summed E-state index contributed by atoms with van der Waals surface area (Å²) in [5.74, 6) is 0.840. The molecule has 112 valence electrons. The van der Waals surface area contributed by atoms with Gasteiger partial charge in [-0.05, 0) is 76.2 Å². The smallest absolute Gasteiger partial charge is 0.147 e. The van der Waals surface area contributed by atoms with Crippen molar-refractivity contribution in [1.29, 1.82) is 0 Å². The number of benzene rings is 1. The molecule has 1 N–H and O–H groups in total. The lowest BCUT2D eigenvalue weighted by Crippen LogP contribution is -2.15. The van der Waals surface area contributed by atoms with Crippen LogP contribution < -0.4 is 10.1 Å². The van der Waals surface area contributed by atoms with Crippen LogP contribution >= 0.6 is 31.9 Å². The predicted octanol–water partition coefficient (Wildman–Crippen LogP) is 4.27. The first-order valence-corrected chi connectivity index (χ1v) is 8.60. The number of halogens is 2. The fraction of sp³-hybridized carbons (Fsp3) is 0.600. The molecule has 0 heterocycles. The van der Waals surface area contributed by atoms with Gasteiger partial charge in [-0.1, -0.05) is 0 Å². The quantitative estimate of drug-likeness (QED) is 0.654. The zero-order valence-electron chi connectivity index (χ0n) is 11.9. The average Bonchev–Trinajstić information content (AvgIpc) is 3.18. The summed E-state index contributed by atoms with van der Waals surface area (Å²) < 4.78 is 13.2. The molecule has 0 atom stereocenters. The normalized spacial score (nSPS) is 14.8. The maximum absolute atomic E-state index is 5.77. The van der Waals surface area contributed by atoms with E-state index in [0.717, 1.165) is 27.3 Å². The Hall–Kier alpha value is -0.100. The number of hydrogen-bond donors (Lipinski definition) is 1. The minimum Gasteiger partial charge on any atom is -0.489 e. The van der Waals surface area contributed by atoms with E-state index in [2.05, 4.69) is 49.3 Å². The molecular weight excluding hydrogens is 386 g/mol. The molecule has 0 unspecified atom stereocenters. The molecule has 1 aliphatic rings. The van der Waals surface area contributed by atoms with Gasteiger partial charge in [-0.25, -0.2) is 0 Å². The van der Waals surface area contributed by atoms with Crippen LogP contribution in [-0.2, 0) is 11.3 Å². The van der Waals surface area contributed by atoms with Crippen molar-refractivity contribution in [1.82, 2.24) is 5.32 Å². The molecule has 0 spiro atoms. The largest absolute Gasteiger partial charge is 0.489 e. The molecule has 1 aromatic carbocycles. The molecule has 1 aliphatic carbocycles. The standard InChI is InChI=1S/C15H21Br2NO2/c1-10(2)19-5-6-20-15-13(16)7-11(8-14(15)17)9-18-12-3-4-12/h7-8,10,12,18H,3-6,9H2,1-2H3. The fourth-order valence-electron chi connectivity index (χ4n) is 1.83. The van der Waals surface area contributed by atoms with Gasteiger partial charge in [0.15, 0.2) is 0 Å². The molecule has 2 rings (SSSR count). The van der Waals surface area contributed by atoms with E-state index in [0.29, 0.717) is 13.2 Å². The van der Waals surface area contributed by atoms with Crippen LogP contribution in [0.1, 0.15) is 32.3 Å². The van der Waals surface area contributed by atoms with Crippen LogP contribution in [0.2, 0.25) is 0 Å². The zero-order valence-corrected chi connectivity index (χ0v) is 15.1. The van der Waals surface area contributed by atoms with E-state index < -0.39 is 0 Å². The van der Waals surface area contributed by atoms with E-state index in [1.807, 2.05) is 13.8 Å². The van der Waals surface area contributed by atoms with Crippen molar-refractivity contribution in [3.05, 3.63) is 26.6 Å². The first-order valence-electron chi connectivity index (χ1n) is 7.02. The van der Waals surface area contributed by atoms with Gasteiger partial charge in [0, 0.05) is 12.6 Å². The SMILES string of the molecule is CC(C)OCCOc1c(Br)cc(CNC2CC2)cc1Br. The number of hydrogen-bond acceptors (Lipinski definition) is 3. The van der Waals surface area contributed by atoms with E-state index >= 15 is 0 Å². The monoisotopic (exact) mass is 405 g/mol. The Labute approximate surface area is 137 Å². The number of ether oxygens (including phenoxy) is 2. The van der Waals surface area contributed by atoms with Crippen LogP contribution in [-0.4, -0.2) is 25.4 Å². The van der Waals surface area contributed by atoms with Crippen molar-refractivity contribution >= 4 is 31.9 Å². The predicted molar refractivity (Wildman–Crippen MR) is 88.3 cm³/mol. The van der Waals surface area contributed by atoms with Crippen LogP contribution in [0, 0.1) is 0 Å². The highest BCUT2D eigenvalue weighted by Gasteiger charge is 2.20. The Bertz CT molecular complexity index is 424. The van der Waals surface area contributed by atoms with Crippen molar-refractivity contribution < 1.29 is 9.47 Å². The summed E-state index contributed by atoms with van der Waals surface area (Å²) in [6, 6.07) is 4.94. The number of nitrogens with one attached hydrogen (secondary N) is 1. The summed E-state index contributed by atoms with van der Waals surface area (Å²) in [5.41, 5.74) is 1.25. The second-order valence-corrected chi connectivity index (χ2v) is 7.02. The second kappa shape index (κ2) is 7.78. The summed E-state index contributed by atoms with van der Waals surface area (Å²) in [4.78, 5) is 0. The van der Waals surface area contributed by atoms with E-state index in [9.17, 15) is 0 Å². The minimum atomic E-state index is 0.237.